The van der Waals surface area contributed by atoms with E-state index in [2.05, 4.69) is 11.0 Å². The van der Waals surface area contributed by atoms with Gasteiger partial charge in [0.25, 0.3) is 0 Å². The first-order valence-corrected chi connectivity index (χ1v) is 11.4. The van der Waals surface area contributed by atoms with Gasteiger partial charge in [-0.05, 0) is 44.1 Å². The molecular weight excluding hydrogens is 382 g/mol. The summed E-state index contributed by atoms with van der Waals surface area (Å²) in [5.41, 5.74) is 0. The van der Waals surface area contributed by atoms with Gasteiger partial charge in [-0.15, -0.1) is 0 Å². The first kappa shape index (κ1) is 19.6. The SMILES string of the molecule is CSC1CC2CCC(C1)N2C(=O)CCNS(=O)(=O)c1c(F)cccc1F. The molecule has 1 aromatic rings. The van der Waals surface area contributed by atoms with Crippen LogP contribution in [0.5, 0.6) is 0 Å². The molecule has 0 saturated carbocycles. The van der Waals surface area contributed by atoms with Crippen LogP contribution in [0.15, 0.2) is 23.1 Å². The number of sulfonamides is 1. The lowest BCUT2D eigenvalue weighted by Gasteiger charge is -2.38. The Morgan fingerprint density at radius 1 is 1.23 bits per heavy atom. The predicted octanol–water partition coefficient (Wildman–Crippen LogP) is 2.52. The number of carbonyl (C=O) groups excluding carboxylic acids is 1. The standard InChI is InChI=1S/C17H22F2N2O3S2/c1-25-13-9-11-5-6-12(10-13)21(11)16(22)7-8-20-26(23,24)17-14(18)3-2-4-15(17)19/h2-4,11-13,20H,5-10H2,1H3. The van der Waals surface area contributed by atoms with Gasteiger partial charge >= 0.3 is 0 Å². The third-order valence-corrected chi connectivity index (χ3v) is 7.69. The number of hydrogen-bond acceptors (Lipinski definition) is 4. The lowest BCUT2D eigenvalue weighted by molar-refractivity contribution is -0.135. The molecule has 3 rings (SSSR count). The minimum atomic E-state index is -4.35. The van der Waals surface area contributed by atoms with E-state index in [-0.39, 0.29) is 31.0 Å². The maximum Gasteiger partial charge on any atom is 0.246 e. The molecule has 9 heteroatoms. The number of amides is 1. The van der Waals surface area contributed by atoms with E-state index >= 15 is 0 Å². The number of carbonyl (C=O) groups is 1. The Morgan fingerprint density at radius 2 is 1.81 bits per heavy atom. The Kier molecular flexibility index (Phi) is 5.88. The van der Waals surface area contributed by atoms with Crippen molar-refractivity contribution >= 4 is 27.7 Å². The molecule has 0 aliphatic carbocycles. The van der Waals surface area contributed by atoms with Crippen LogP contribution in [0.3, 0.4) is 0 Å². The molecule has 2 aliphatic heterocycles. The van der Waals surface area contributed by atoms with Gasteiger partial charge in [-0.25, -0.2) is 21.9 Å². The van der Waals surface area contributed by atoms with Gasteiger partial charge in [-0.2, -0.15) is 11.8 Å². The van der Waals surface area contributed by atoms with Crippen molar-refractivity contribution in [2.24, 2.45) is 0 Å². The van der Waals surface area contributed by atoms with Gasteiger partial charge in [-0.1, -0.05) is 6.07 Å². The quantitative estimate of drug-likeness (QED) is 0.791. The van der Waals surface area contributed by atoms with Gasteiger partial charge < -0.3 is 4.90 Å². The minimum absolute atomic E-state index is 0.0216. The molecule has 5 nitrogen and oxygen atoms in total. The third kappa shape index (κ3) is 3.89. The van der Waals surface area contributed by atoms with Crippen LogP contribution in [0.2, 0.25) is 0 Å². The molecule has 1 amide bonds. The molecule has 1 aromatic carbocycles. The molecule has 0 aromatic heterocycles. The summed E-state index contributed by atoms with van der Waals surface area (Å²) in [7, 11) is -4.35. The van der Waals surface area contributed by atoms with E-state index in [4.69, 9.17) is 0 Å². The summed E-state index contributed by atoms with van der Waals surface area (Å²) in [6.45, 7) is -0.184. The number of nitrogens with one attached hydrogen (secondary N) is 1. The molecule has 144 valence electrons. The molecule has 2 saturated heterocycles. The Hall–Kier alpha value is -1.19. The van der Waals surface area contributed by atoms with E-state index < -0.39 is 26.6 Å². The predicted molar refractivity (Wildman–Crippen MR) is 96.4 cm³/mol. The normalized spacial score (nSPS) is 25.5. The van der Waals surface area contributed by atoms with Gasteiger partial charge in [0, 0.05) is 30.3 Å². The summed E-state index contributed by atoms with van der Waals surface area (Å²) in [4.78, 5) is 13.4. The minimum Gasteiger partial charge on any atom is -0.337 e. The van der Waals surface area contributed by atoms with Crippen LogP contribution in [0.1, 0.15) is 32.1 Å². The molecular formula is C17H22F2N2O3S2. The van der Waals surface area contributed by atoms with E-state index in [1.807, 2.05) is 16.7 Å². The number of benzene rings is 1. The first-order valence-electron chi connectivity index (χ1n) is 8.61. The second-order valence-electron chi connectivity index (χ2n) is 6.71. The highest BCUT2D eigenvalue weighted by Gasteiger charge is 2.42. The van der Waals surface area contributed by atoms with Crippen LogP contribution >= 0.6 is 11.8 Å². The van der Waals surface area contributed by atoms with Crippen LogP contribution in [0, 0.1) is 11.6 Å². The molecule has 1 N–H and O–H groups in total. The fourth-order valence-electron chi connectivity index (χ4n) is 3.96. The number of fused-ring (bicyclic) bond motifs is 2. The van der Waals surface area contributed by atoms with Gasteiger partial charge in [0.2, 0.25) is 15.9 Å². The van der Waals surface area contributed by atoms with Gasteiger partial charge in [-0.3, -0.25) is 4.79 Å². The lowest BCUT2D eigenvalue weighted by Crippen LogP contribution is -2.48. The zero-order valence-corrected chi connectivity index (χ0v) is 16.1. The summed E-state index contributed by atoms with van der Waals surface area (Å²) in [6, 6.07) is 3.31. The highest BCUT2D eigenvalue weighted by atomic mass is 32.2. The zero-order chi connectivity index (χ0) is 18.9. The molecule has 2 heterocycles. The average Bonchev–Trinajstić information content (AvgIpc) is 2.84. The maximum atomic E-state index is 13.7. The second kappa shape index (κ2) is 7.82. The van der Waals surface area contributed by atoms with Crippen molar-refractivity contribution in [3.8, 4) is 0 Å². The second-order valence-corrected chi connectivity index (χ2v) is 9.56. The van der Waals surface area contributed by atoms with E-state index in [9.17, 15) is 22.0 Å². The fourth-order valence-corrected chi connectivity index (χ4v) is 5.95. The Morgan fingerprint density at radius 3 is 2.35 bits per heavy atom. The summed E-state index contributed by atoms with van der Waals surface area (Å²) < 4.78 is 53.7. The molecule has 2 bridgehead atoms. The maximum absolute atomic E-state index is 13.7. The Labute approximate surface area is 156 Å². The largest absolute Gasteiger partial charge is 0.337 e. The monoisotopic (exact) mass is 404 g/mol. The van der Waals surface area contributed by atoms with Gasteiger partial charge in [0.1, 0.15) is 11.6 Å². The summed E-state index contributed by atoms with van der Waals surface area (Å²) in [5, 5.41) is 0.569. The van der Waals surface area contributed by atoms with Crippen molar-refractivity contribution < 1.29 is 22.0 Å². The van der Waals surface area contributed by atoms with Crippen LogP contribution in [-0.4, -0.2) is 49.4 Å². The van der Waals surface area contributed by atoms with E-state index in [0.717, 1.165) is 43.9 Å². The number of rotatable bonds is 6. The Balaban J connectivity index is 1.59. The van der Waals surface area contributed by atoms with Crippen molar-refractivity contribution in [1.82, 2.24) is 9.62 Å². The van der Waals surface area contributed by atoms with Crippen LogP contribution in [0.4, 0.5) is 8.78 Å². The smallest absolute Gasteiger partial charge is 0.246 e. The van der Waals surface area contributed by atoms with Crippen molar-refractivity contribution in [2.75, 3.05) is 12.8 Å². The summed E-state index contributed by atoms with van der Waals surface area (Å²) in [5.74, 6) is -2.41. The first-order chi connectivity index (χ1) is 12.3. The highest BCUT2D eigenvalue weighted by molar-refractivity contribution is 7.99. The van der Waals surface area contributed by atoms with Crippen LogP contribution in [0.25, 0.3) is 0 Å². The molecule has 2 fully saturated rings. The molecule has 2 unspecified atom stereocenters. The van der Waals surface area contributed by atoms with E-state index in [0.29, 0.717) is 5.25 Å². The molecule has 2 atom stereocenters. The fraction of sp³-hybridized carbons (Fsp3) is 0.588. The van der Waals surface area contributed by atoms with Crippen LogP contribution in [-0.2, 0) is 14.8 Å². The number of thioether (sulfide) groups is 1. The lowest BCUT2D eigenvalue weighted by atomic mass is 10.0. The van der Waals surface area contributed by atoms with Crippen molar-refractivity contribution in [3.05, 3.63) is 29.8 Å². The van der Waals surface area contributed by atoms with E-state index in [1.165, 1.54) is 0 Å². The van der Waals surface area contributed by atoms with E-state index in [1.54, 1.807) is 0 Å². The van der Waals surface area contributed by atoms with Gasteiger partial charge in [0.15, 0.2) is 4.90 Å². The number of nitrogens with zero attached hydrogens (tertiary/aromatic N) is 1. The van der Waals surface area contributed by atoms with Crippen molar-refractivity contribution in [1.29, 1.82) is 0 Å². The topological polar surface area (TPSA) is 66.5 Å². The molecule has 0 spiro atoms. The zero-order valence-electron chi connectivity index (χ0n) is 14.5. The van der Waals surface area contributed by atoms with Crippen molar-refractivity contribution in [2.45, 2.75) is 54.3 Å². The number of hydrogen-bond donors (Lipinski definition) is 1. The number of piperidine rings is 1. The average molecular weight is 405 g/mol. The highest BCUT2D eigenvalue weighted by Crippen LogP contribution is 2.39. The summed E-state index contributed by atoms with van der Waals surface area (Å²) in [6.07, 6.45) is 5.97. The van der Waals surface area contributed by atoms with Gasteiger partial charge in [0.05, 0.1) is 0 Å². The van der Waals surface area contributed by atoms with Crippen molar-refractivity contribution in [3.63, 3.8) is 0 Å². The molecule has 26 heavy (non-hydrogen) atoms. The summed E-state index contributed by atoms with van der Waals surface area (Å²) >= 11 is 1.83. The third-order valence-electron chi connectivity index (χ3n) is 5.13. The van der Waals surface area contributed by atoms with Crippen LogP contribution < -0.4 is 4.72 Å². The molecule has 0 radical (unpaired) electrons. The molecule has 2 aliphatic rings. The Bertz CT molecular complexity index is 754. The number of halogens is 2.